The first-order valence-corrected chi connectivity index (χ1v) is 7.23. The number of rotatable bonds is 4. The summed E-state index contributed by atoms with van der Waals surface area (Å²) in [7, 11) is 0. The molecule has 3 N–H and O–H groups in total. The Kier molecular flexibility index (Phi) is 4.88. The van der Waals surface area contributed by atoms with Gasteiger partial charge >= 0.3 is 0 Å². The van der Waals surface area contributed by atoms with Gasteiger partial charge in [0, 0.05) is 14.8 Å². The highest BCUT2D eigenvalue weighted by Gasteiger charge is 2.16. The van der Waals surface area contributed by atoms with Crippen LogP contribution in [0.15, 0.2) is 58.3 Å². The van der Waals surface area contributed by atoms with E-state index in [1.807, 2.05) is 48.5 Å². The van der Waals surface area contributed by atoms with Gasteiger partial charge in [-0.1, -0.05) is 41.6 Å². The van der Waals surface area contributed by atoms with Gasteiger partial charge in [-0.3, -0.25) is 0 Å². The lowest BCUT2D eigenvalue weighted by Crippen LogP contribution is -2.23. The van der Waals surface area contributed by atoms with Crippen LogP contribution in [-0.2, 0) is 0 Å². The van der Waals surface area contributed by atoms with Crippen molar-refractivity contribution in [3.63, 3.8) is 0 Å². The maximum absolute atomic E-state index is 9.65. The Morgan fingerprint density at radius 1 is 1.11 bits per heavy atom. The van der Waals surface area contributed by atoms with E-state index in [0.717, 1.165) is 20.4 Å². The molecule has 0 aromatic heterocycles. The molecular weight excluding hydrogens is 278 g/mol. The van der Waals surface area contributed by atoms with Crippen molar-refractivity contribution in [3.05, 3.63) is 59.1 Å². The summed E-state index contributed by atoms with van der Waals surface area (Å²) >= 11 is 7.49. The van der Waals surface area contributed by atoms with E-state index in [-0.39, 0.29) is 6.04 Å². The van der Waals surface area contributed by atoms with Gasteiger partial charge in [0.15, 0.2) is 0 Å². The van der Waals surface area contributed by atoms with E-state index in [2.05, 4.69) is 0 Å². The third-order valence-electron chi connectivity index (χ3n) is 2.84. The molecule has 0 radical (unpaired) electrons. The average molecular weight is 294 g/mol. The van der Waals surface area contributed by atoms with Crippen molar-refractivity contribution in [2.45, 2.75) is 28.9 Å². The van der Waals surface area contributed by atoms with Gasteiger partial charge in [0.25, 0.3) is 0 Å². The molecule has 2 aromatic carbocycles. The smallest absolute Gasteiger partial charge is 0.0705 e. The number of hydrogen-bond donors (Lipinski definition) is 2. The van der Waals surface area contributed by atoms with Crippen molar-refractivity contribution in [1.29, 1.82) is 0 Å². The Hall–Kier alpha value is -1.00. The minimum Gasteiger partial charge on any atom is -0.391 e. The predicted octanol–water partition coefficient (Wildman–Crippen LogP) is 3.87. The summed E-state index contributed by atoms with van der Waals surface area (Å²) in [6.07, 6.45) is -0.577. The maximum Gasteiger partial charge on any atom is 0.0705 e. The van der Waals surface area contributed by atoms with Crippen LogP contribution in [0.3, 0.4) is 0 Å². The fraction of sp³-hybridized carbons (Fsp3) is 0.200. The molecule has 19 heavy (non-hydrogen) atoms. The van der Waals surface area contributed by atoms with Gasteiger partial charge < -0.3 is 10.8 Å². The number of aliphatic hydroxyl groups is 1. The van der Waals surface area contributed by atoms with Gasteiger partial charge in [-0.25, -0.2) is 0 Å². The Balaban J connectivity index is 2.27. The monoisotopic (exact) mass is 293 g/mol. The summed E-state index contributed by atoms with van der Waals surface area (Å²) in [6.45, 7) is 1.70. The largest absolute Gasteiger partial charge is 0.391 e. The molecular formula is C15H16ClNOS. The molecule has 2 rings (SSSR count). The standard InChI is InChI=1S/C15H16ClNOS/c1-10(18)15(17)13-4-2-3-5-14(13)19-12-8-6-11(16)7-9-12/h2-10,15,18H,17H2,1H3/t10-,15-/m1/s1. The molecule has 0 aliphatic rings. The van der Waals surface area contributed by atoms with E-state index >= 15 is 0 Å². The molecule has 0 aliphatic heterocycles. The third kappa shape index (κ3) is 3.74. The lowest BCUT2D eigenvalue weighted by molar-refractivity contribution is 0.163. The van der Waals surface area contributed by atoms with Gasteiger partial charge in [-0.05, 0) is 42.8 Å². The molecule has 0 bridgehead atoms. The quantitative estimate of drug-likeness (QED) is 0.899. The van der Waals surface area contributed by atoms with Gasteiger partial charge in [-0.15, -0.1) is 0 Å². The van der Waals surface area contributed by atoms with Crippen LogP contribution in [0.25, 0.3) is 0 Å². The van der Waals surface area contributed by atoms with Crippen molar-refractivity contribution in [1.82, 2.24) is 0 Å². The number of hydrogen-bond acceptors (Lipinski definition) is 3. The van der Waals surface area contributed by atoms with Crippen LogP contribution in [0.2, 0.25) is 5.02 Å². The second-order valence-corrected chi connectivity index (χ2v) is 5.91. The molecule has 2 aromatic rings. The minimum atomic E-state index is -0.577. The SMILES string of the molecule is C[C@@H](O)[C@@H](N)c1ccccc1Sc1ccc(Cl)cc1. The van der Waals surface area contributed by atoms with Crippen molar-refractivity contribution >= 4 is 23.4 Å². The molecule has 0 fully saturated rings. The molecule has 0 heterocycles. The van der Waals surface area contributed by atoms with E-state index in [9.17, 15) is 5.11 Å². The van der Waals surface area contributed by atoms with E-state index in [1.165, 1.54) is 0 Å². The topological polar surface area (TPSA) is 46.2 Å². The zero-order valence-corrected chi connectivity index (χ0v) is 12.2. The zero-order chi connectivity index (χ0) is 13.8. The normalized spacial score (nSPS) is 14.1. The van der Waals surface area contributed by atoms with Crippen LogP contribution < -0.4 is 5.73 Å². The first-order chi connectivity index (χ1) is 9.08. The molecule has 0 saturated carbocycles. The number of halogens is 1. The molecule has 100 valence electrons. The minimum absolute atomic E-state index is 0.379. The predicted molar refractivity (Wildman–Crippen MR) is 80.6 cm³/mol. The van der Waals surface area contributed by atoms with E-state index in [4.69, 9.17) is 17.3 Å². The number of benzene rings is 2. The molecule has 2 nitrogen and oxygen atoms in total. The van der Waals surface area contributed by atoms with E-state index in [0.29, 0.717) is 0 Å². The molecule has 0 spiro atoms. The van der Waals surface area contributed by atoms with E-state index in [1.54, 1.807) is 18.7 Å². The maximum atomic E-state index is 9.65. The zero-order valence-electron chi connectivity index (χ0n) is 10.6. The summed E-state index contributed by atoms with van der Waals surface area (Å²) in [6, 6.07) is 15.2. The fourth-order valence-corrected chi connectivity index (χ4v) is 2.86. The highest BCUT2D eigenvalue weighted by Crippen LogP contribution is 2.33. The van der Waals surface area contributed by atoms with Crippen LogP contribution in [0.4, 0.5) is 0 Å². The summed E-state index contributed by atoms with van der Waals surface area (Å²) in [5, 5.41) is 10.4. The molecule has 0 amide bonds. The first kappa shape index (κ1) is 14.4. The molecule has 0 saturated heterocycles. The fourth-order valence-electron chi connectivity index (χ4n) is 1.74. The van der Waals surface area contributed by atoms with Crippen molar-refractivity contribution < 1.29 is 5.11 Å². The lowest BCUT2D eigenvalue weighted by atomic mass is 10.0. The van der Waals surface area contributed by atoms with Gasteiger partial charge in [0.1, 0.15) is 0 Å². The van der Waals surface area contributed by atoms with Gasteiger partial charge in [0.2, 0.25) is 0 Å². The van der Waals surface area contributed by atoms with E-state index < -0.39 is 6.10 Å². The van der Waals surface area contributed by atoms with Crippen LogP contribution in [0.1, 0.15) is 18.5 Å². The van der Waals surface area contributed by atoms with Crippen LogP contribution in [0, 0.1) is 0 Å². The molecule has 0 unspecified atom stereocenters. The Bertz CT molecular complexity index is 542. The summed E-state index contributed by atoms with van der Waals surface area (Å²) in [4.78, 5) is 2.15. The van der Waals surface area contributed by atoms with Crippen LogP contribution in [-0.4, -0.2) is 11.2 Å². The van der Waals surface area contributed by atoms with Crippen molar-refractivity contribution in [3.8, 4) is 0 Å². The highest BCUT2D eigenvalue weighted by molar-refractivity contribution is 7.99. The highest BCUT2D eigenvalue weighted by atomic mass is 35.5. The van der Waals surface area contributed by atoms with Crippen LogP contribution >= 0.6 is 23.4 Å². The molecule has 4 heteroatoms. The first-order valence-electron chi connectivity index (χ1n) is 6.04. The van der Waals surface area contributed by atoms with Gasteiger partial charge in [-0.2, -0.15) is 0 Å². The van der Waals surface area contributed by atoms with Crippen LogP contribution in [0.5, 0.6) is 0 Å². The lowest BCUT2D eigenvalue weighted by Gasteiger charge is -2.18. The summed E-state index contributed by atoms with van der Waals surface area (Å²) < 4.78 is 0. The second kappa shape index (κ2) is 6.44. The second-order valence-electron chi connectivity index (χ2n) is 4.36. The molecule has 2 atom stereocenters. The van der Waals surface area contributed by atoms with Gasteiger partial charge in [0.05, 0.1) is 12.1 Å². The summed E-state index contributed by atoms with van der Waals surface area (Å²) in [5.74, 6) is 0. The summed E-state index contributed by atoms with van der Waals surface area (Å²) in [5.41, 5.74) is 6.99. The van der Waals surface area contributed by atoms with Crippen molar-refractivity contribution in [2.75, 3.05) is 0 Å². The number of nitrogens with two attached hydrogens (primary N) is 1. The third-order valence-corrected chi connectivity index (χ3v) is 4.19. The average Bonchev–Trinajstić information content (AvgIpc) is 2.41. The number of aliphatic hydroxyl groups excluding tert-OH is 1. The van der Waals surface area contributed by atoms with Crippen molar-refractivity contribution in [2.24, 2.45) is 5.73 Å². The Morgan fingerprint density at radius 3 is 2.37 bits per heavy atom. The molecule has 0 aliphatic carbocycles. The Labute approximate surface area is 122 Å². The Morgan fingerprint density at radius 2 is 1.74 bits per heavy atom.